The second-order valence-corrected chi connectivity index (χ2v) is 8.85. The van der Waals surface area contributed by atoms with E-state index in [1.54, 1.807) is 0 Å². The highest BCUT2D eigenvalue weighted by molar-refractivity contribution is 8.00. The molecule has 0 radical (unpaired) electrons. The molecule has 1 N–H and O–H groups in total. The van der Waals surface area contributed by atoms with E-state index in [1.165, 1.54) is 17.3 Å². The van der Waals surface area contributed by atoms with E-state index in [9.17, 15) is 10.1 Å². The molecule has 1 heterocycles. The summed E-state index contributed by atoms with van der Waals surface area (Å²) in [6, 6.07) is 24.2. The maximum atomic E-state index is 12.6. The summed E-state index contributed by atoms with van der Waals surface area (Å²) < 4.78 is 0. The third-order valence-corrected chi connectivity index (χ3v) is 6.54. The molecule has 30 heavy (non-hydrogen) atoms. The van der Waals surface area contributed by atoms with Crippen LogP contribution in [0.15, 0.2) is 71.8 Å². The SMILES string of the molecule is CC(Sc1nc2c(cc1C#N)CC(c1ccccc1)CC2)C(=O)Nc1ccccc1. The molecule has 1 aliphatic carbocycles. The van der Waals surface area contributed by atoms with E-state index in [4.69, 9.17) is 4.98 Å². The van der Waals surface area contributed by atoms with E-state index in [0.717, 1.165) is 36.2 Å². The van der Waals surface area contributed by atoms with Crippen molar-refractivity contribution in [2.45, 2.75) is 42.4 Å². The molecule has 0 bridgehead atoms. The minimum absolute atomic E-state index is 0.0984. The first-order valence-electron chi connectivity index (χ1n) is 10.1. The Morgan fingerprint density at radius 2 is 1.87 bits per heavy atom. The molecule has 4 nitrogen and oxygen atoms in total. The van der Waals surface area contributed by atoms with Crippen LogP contribution in [0.25, 0.3) is 0 Å². The quantitative estimate of drug-likeness (QED) is 0.573. The van der Waals surface area contributed by atoms with Crippen molar-refractivity contribution in [2.24, 2.45) is 0 Å². The van der Waals surface area contributed by atoms with Gasteiger partial charge in [0.25, 0.3) is 0 Å². The summed E-state index contributed by atoms with van der Waals surface area (Å²) in [5.41, 5.74) is 4.86. The number of hydrogen-bond acceptors (Lipinski definition) is 4. The Morgan fingerprint density at radius 3 is 2.57 bits per heavy atom. The van der Waals surface area contributed by atoms with Crippen LogP contribution in [-0.4, -0.2) is 16.1 Å². The zero-order valence-electron chi connectivity index (χ0n) is 16.8. The predicted octanol–water partition coefficient (Wildman–Crippen LogP) is 5.35. The van der Waals surface area contributed by atoms with Gasteiger partial charge in [-0.15, -0.1) is 0 Å². The predicted molar refractivity (Wildman–Crippen MR) is 121 cm³/mol. The average molecular weight is 414 g/mol. The van der Waals surface area contributed by atoms with Gasteiger partial charge >= 0.3 is 0 Å². The van der Waals surface area contributed by atoms with Gasteiger partial charge in [-0.3, -0.25) is 4.79 Å². The zero-order chi connectivity index (χ0) is 20.9. The molecule has 2 atom stereocenters. The van der Waals surface area contributed by atoms with E-state index in [-0.39, 0.29) is 11.2 Å². The number of aromatic nitrogens is 1. The van der Waals surface area contributed by atoms with Gasteiger partial charge in [-0.05, 0) is 61.4 Å². The van der Waals surface area contributed by atoms with Crippen LogP contribution < -0.4 is 5.32 Å². The first-order chi connectivity index (χ1) is 14.6. The van der Waals surface area contributed by atoms with Crippen LogP contribution in [0, 0.1) is 11.3 Å². The second kappa shape index (κ2) is 9.15. The highest BCUT2D eigenvalue weighted by Crippen LogP contribution is 2.35. The van der Waals surface area contributed by atoms with Gasteiger partial charge in [0.1, 0.15) is 11.1 Å². The maximum Gasteiger partial charge on any atom is 0.237 e. The minimum atomic E-state index is -0.358. The number of benzene rings is 2. The van der Waals surface area contributed by atoms with Gasteiger partial charge in [-0.25, -0.2) is 4.98 Å². The fraction of sp³-hybridized carbons (Fsp3) is 0.240. The third-order valence-electron chi connectivity index (χ3n) is 5.44. The summed E-state index contributed by atoms with van der Waals surface area (Å²) in [5, 5.41) is 12.9. The maximum absolute atomic E-state index is 12.6. The Labute approximate surface area is 181 Å². The number of nitriles is 1. The van der Waals surface area contributed by atoms with E-state index >= 15 is 0 Å². The van der Waals surface area contributed by atoms with Crippen LogP contribution >= 0.6 is 11.8 Å². The molecule has 1 amide bonds. The molecular weight excluding hydrogens is 390 g/mol. The van der Waals surface area contributed by atoms with Crippen LogP contribution in [-0.2, 0) is 17.6 Å². The molecule has 0 saturated carbocycles. The average Bonchev–Trinajstić information content (AvgIpc) is 2.79. The Balaban J connectivity index is 1.50. The smallest absolute Gasteiger partial charge is 0.237 e. The molecule has 3 aromatic rings. The number of para-hydroxylation sites is 1. The molecule has 0 saturated heterocycles. The molecule has 1 aromatic heterocycles. The first-order valence-corrected chi connectivity index (χ1v) is 11.0. The van der Waals surface area contributed by atoms with Gasteiger partial charge in [0.2, 0.25) is 5.91 Å². The summed E-state index contributed by atoms with van der Waals surface area (Å²) in [6.45, 7) is 1.84. The number of rotatable bonds is 5. The number of carbonyl (C=O) groups is 1. The number of pyridine rings is 1. The van der Waals surface area contributed by atoms with Crippen LogP contribution in [0.1, 0.15) is 41.6 Å². The van der Waals surface area contributed by atoms with Crippen LogP contribution in [0.4, 0.5) is 5.69 Å². The van der Waals surface area contributed by atoms with E-state index in [0.29, 0.717) is 16.5 Å². The molecule has 0 fully saturated rings. The molecule has 0 spiro atoms. The number of anilines is 1. The van der Waals surface area contributed by atoms with Crippen LogP contribution in [0.3, 0.4) is 0 Å². The summed E-state index contributed by atoms with van der Waals surface area (Å²) in [7, 11) is 0. The molecule has 4 rings (SSSR count). The first kappa shape index (κ1) is 20.2. The molecule has 2 aromatic carbocycles. The second-order valence-electron chi connectivity index (χ2n) is 7.52. The van der Waals surface area contributed by atoms with Gasteiger partial charge < -0.3 is 5.32 Å². The van der Waals surface area contributed by atoms with Crippen LogP contribution in [0.5, 0.6) is 0 Å². The number of amides is 1. The molecule has 0 aliphatic heterocycles. The standard InChI is InChI=1S/C25H23N3OS/c1-17(24(29)27-22-10-6-3-7-11-22)30-25-21(16-26)15-20-14-19(12-13-23(20)28-25)18-8-4-2-5-9-18/h2-11,15,17,19H,12-14H2,1H3,(H,27,29). The summed E-state index contributed by atoms with van der Waals surface area (Å²) in [6.07, 6.45) is 2.83. The fourth-order valence-electron chi connectivity index (χ4n) is 3.81. The Morgan fingerprint density at radius 1 is 1.17 bits per heavy atom. The lowest BCUT2D eigenvalue weighted by atomic mass is 9.82. The monoisotopic (exact) mass is 413 g/mol. The summed E-state index contributed by atoms with van der Waals surface area (Å²) >= 11 is 1.35. The van der Waals surface area contributed by atoms with Gasteiger partial charge in [-0.1, -0.05) is 60.3 Å². The van der Waals surface area contributed by atoms with Gasteiger partial charge in [-0.2, -0.15) is 5.26 Å². The van der Waals surface area contributed by atoms with Gasteiger partial charge in [0, 0.05) is 11.4 Å². The topological polar surface area (TPSA) is 65.8 Å². The van der Waals surface area contributed by atoms with Crippen molar-refractivity contribution in [3.8, 4) is 6.07 Å². The molecule has 5 heteroatoms. The van der Waals surface area contributed by atoms with E-state index < -0.39 is 0 Å². The Hall–Kier alpha value is -3.10. The fourth-order valence-corrected chi connectivity index (χ4v) is 4.71. The van der Waals surface area contributed by atoms with Gasteiger partial charge in [0.15, 0.2) is 0 Å². The minimum Gasteiger partial charge on any atom is -0.325 e. The molecule has 150 valence electrons. The van der Waals surface area contributed by atoms with Crippen molar-refractivity contribution in [1.29, 1.82) is 5.26 Å². The molecule has 1 aliphatic rings. The molecule has 2 unspecified atom stereocenters. The number of nitrogens with one attached hydrogen (secondary N) is 1. The van der Waals surface area contributed by atoms with Crippen LogP contribution in [0.2, 0.25) is 0 Å². The van der Waals surface area contributed by atoms with Gasteiger partial charge in [0.05, 0.1) is 10.8 Å². The van der Waals surface area contributed by atoms with Crippen molar-refractivity contribution >= 4 is 23.4 Å². The molecular formula is C25H23N3OS. The Kier molecular flexibility index (Phi) is 6.15. The summed E-state index contributed by atoms with van der Waals surface area (Å²) in [4.78, 5) is 17.4. The van der Waals surface area contributed by atoms with Crippen molar-refractivity contribution in [3.05, 3.63) is 89.1 Å². The Bertz CT molecular complexity index is 1080. The van der Waals surface area contributed by atoms with Crippen molar-refractivity contribution in [2.75, 3.05) is 5.32 Å². The number of fused-ring (bicyclic) bond motifs is 1. The number of carbonyl (C=O) groups excluding carboxylic acids is 1. The number of hydrogen-bond donors (Lipinski definition) is 1. The number of thioether (sulfide) groups is 1. The lowest BCUT2D eigenvalue weighted by Gasteiger charge is -2.25. The lowest BCUT2D eigenvalue weighted by molar-refractivity contribution is -0.115. The summed E-state index contributed by atoms with van der Waals surface area (Å²) in [5.74, 6) is 0.361. The highest BCUT2D eigenvalue weighted by Gasteiger charge is 2.24. The zero-order valence-corrected chi connectivity index (χ0v) is 17.7. The van der Waals surface area contributed by atoms with Crippen molar-refractivity contribution in [3.63, 3.8) is 0 Å². The van der Waals surface area contributed by atoms with Crippen molar-refractivity contribution < 1.29 is 4.79 Å². The lowest BCUT2D eigenvalue weighted by Crippen LogP contribution is -2.23. The van der Waals surface area contributed by atoms with Crippen molar-refractivity contribution in [1.82, 2.24) is 4.98 Å². The van der Waals surface area contributed by atoms with E-state index in [2.05, 4.69) is 35.7 Å². The normalized spacial score (nSPS) is 16.2. The highest BCUT2D eigenvalue weighted by atomic mass is 32.2. The largest absolute Gasteiger partial charge is 0.325 e. The third kappa shape index (κ3) is 4.55. The number of nitrogens with zero attached hydrogens (tertiary/aromatic N) is 2. The van der Waals surface area contributed by atoms with E-state index in [1.807, 2.05) is 49.4 Å². The number of aryl methyl sites for hydroxylation is 1.